The summed E-state index contributed by atoms with van der Waals surface area (Å²) in [6.07, 6.45) is -0.431. The van der Waals surface area contributed by atoms with Crippen LogP contribution in [0, 0.1) is 17.1 Å². The zero-order valence-corrected chi connectivity index (χ0v) is 19.5. The molecule has 2 aromatic rings. The lowest BCUT2D eigenvalue weighted by Gasteiger charge is -2.35. The van der Waals surface area contributed by atoms with E-state index in [4.69, 9.17) is 9.47 Å². The second-order valence-electron chi connectivity index (χ2n) is 8.89. The van der Waals surface area contributed by atoms with Crippen molar-refractivity contribution in [1.82, 2.24) is 20.0 Å². The van der Waals surface area contributed by atoms with Gasteiger partial charge in [-0.1, -0.05) is 0 Å². The van der Waals surface area contributed by atoms with Gasteiger partial charge in [-0.2, -0.15) is 10.4 Å². The van der Waals surface area contributed by atoms with Crippen LogP contribution in [0.2, 0.25) is 0 Å². The third kappa shape index (κ3) is 5.62. The molecule has 0 saturated carbocycles. The van der Waals surface area contributed by atoms with Crippen molar-refractivity contribution in [1.29, 1.82) is 5.26 Å². The molecule has 1 saturated heterocycles. The molecule has 1 N–H and O–H groups in total. The zero-order chi connectivity index (χ0) is 25.0. The smallest absolute Gasteiger partial charge is 0.410 e. The molecule has 2 atom stereocenters. The highest BCUT2D eigenvalue weighted by molar-refractivity contribution is 5.94. The van der Waals surface area contributed by atoms with E-state index in [9.17, 15) is 19.2 Å². The maximum absolute atomic E-state index is 15.0. The van der Waals surface area contributed by atoms with E-state index in [0.717, 1.165) is 6.07 Å². The van der Waals surface area contributed by atoms with Gasteiger partial charge in [0.1, 0.15) is 30.1 Å². The van der Waals surface area contributed by atoms with Crippen LogP contribution in [0.25, 0.3) is 0 Å². The molecule has 0 spiro atoms. The number of alkyl halides is 1. The van der Waals surface area contributed by atoms with Crippen molar-refractivity contribution in [2.75, 3.05) is 20.1 Å². The molecule has 11 heteroatoms. The number of benzene rings is 1. The van der Waals surface area contributed by atoms with E-state index in [1.165, 1.54) is 35.0 Å². The van der Waals surface area contributed by atoms with Gasteiger partial charge in [0.05, 0.1) is 18.8 Å². The van der Waals surface area contributed by atoms with Gasteiger partial charge < -0.3 is 19.7 Å². The SMILES string of the molecule is CNC(=O)c1ccc(OCc2cnn([C@H]3CCN(C(=O)OC(C)(C)C)C[C@H]3F)c2C#N)c(F)c1. The molecule has 0 aliphatic carbocycles. The van der Waals surface area contributed by atoms with Gasteiger partial charge in [-0.05, 0) is 45.4 Å². The summed E-state index contributed by atoms with van der Waals surface area (Å²) in [5.74, 6) is -1.26. The van der Waals surface area contributed by atoms with E-state index in [2.05, 4.69) is 10.4 Å². The first-order chi connectivity index (χ1) is 16.0. The minimum atomic E-state index is -1.46. The highest BCUT2D eigenvalue weighted by Gasteiger charge is 2.36. The minimum Gasteiger partial charge on any atom is -0.486 e. The van der Waals surface area contributed by atoms with Crippen molar-refractivity contribution in [3.8, 4) is 11.8 Å². The third-order valence-electron chi connectivity index (χ3n) is 5.25. The van der Waals surface area contributed by atoms with Crippen molar-refractivity contribution in [3.05, 3.63) is 47.0 Å². The molecule has 0 radical (unpaired) electrons. The summed E-state index contributed by atoms with van der Waals surface area (Å²) in [6.45, 7) is 5.10. The van der Waals surface area contributed by atoms with Gasteiger partial charge in [0.25, 0.3) is 5.91 Å². The second-order valence-corrected chi connectivity index (χ2v) is 8.89. The Morgan fingerprint density at radius 2 is 2.09 bits per heavy atom. The number of ether oxygens (including phenoxy) is 2. The molecule has 34 heavy (non-hydrogen) atoms. The van der Waals surface area contributed by atoms with Crippen molar-refractivity contribution < 1.29 is 27.8 Å². The maximum Gasteiger partial charge on any atom is 0.410 e. The first kappa shape index (κ1) is 25.0. The van der Waals surface area contributed by atoms with Gasteiger partial charge >= 0.3 is 6.09 Å². The van der Waals surface area contributed by atoms with E-state index >= 15 is 4.39 Å². The number of hydrogen-bond donors (Lipinski definition) is 1. The van der Waals surface area contributed by atoms with Crippen molar-refractivity contribution >= 4 is 12.0 Å². The number of aromatic nitrogens is 2. The average molecular weight is 475 g/mol. The van der Waals surface area contributed by atoms with E-state index in [-0.39, 0.29) is 43.1 Å². The van der Waals surface area contributed by atoms with Crippen molar-refractivity contribution in [2.24, 2.45) is 0 Å². The molecule has 0 unspecified atom stereocenters. The summed E-state index contributed by atoms with van der Waals surface area (Å²) < 4.78 is 41.4. The molecule has 2 amide bonds. The number of piperidine rings is 1. The van der Waals surface area contributed by atoms with E-state index in [1.54, 1.807) is 20.8 Å². The number of likely N-dealkylation sites (tertiary alicyclic amines) is 1. The number of carbonyl (C=O) groups excluding carboxylic acids is 2. The summed E-state index contributed by atoms with van der Waals surface area (Å²) in [5.41, 5.74) is -0.0864. The Bertz CT molecular complexity index is 1110. The fraction of sp³-hybridized carbons (Fsp3) is 0.478. The molecular weight excluding hydrogens is 448 g/mol. The average Bonchev–Trinajstić information content (AvgIpc) is 3.18. The van der Waals surface area contributed by atoms with Crippen molar-refractivity contribution in [2.45, 2.75) is 51.6 Å². The molecule has 3 rings (SSSR count). The summed E-state index contributed by atoms with van der Waals surface area (Å²) in [6, 6.07) is 5.05. The summed E-state index contributed by atoms with van der Waals surface area (Å²) >= 11 is 0. The normalized spacial score (nSPS) is 18.2. The summed E-state index contributed by atoms with van der Waals surface area (Å²) in [7, 11) is 1.44. The Morgan fingerprint density at radius 1 is 1.35 bits per heavy atom. The Morgan fingerprint density at radius 3 is 2.68 bits per heavy atom. The Labute approximate surface area is 196 Å². The van der Waals surface area contributed by atoms with Gasteiger partial charge in [-0.25, -0.2) is 18.3 Å². The van der Waals surface area contributed by atoms with Crippen LogP contribution in [0.3, 0.4) is 0 Å². The van der Waals surface area contributed by atoms with Gasteiger partial charge in [0.15, 0.2) is 11.6 Å². The Hall–Kier alpha value is -3.68. The largest absolute Gasteiger partial charge is 0.486 e. The van der Waals surface area contributed by atoms with E-state index in [1.807, 2.05) is 6.07 Å². The standard InChI is InChI=1S/C23H27F2N5O4/c1-23(2,3)34-22(32)29-8-7-18(17(25)12-29)30-19(10-26)15(11-28-30)13-33-20-6-5-14(9-16(20)24)21(31)27-4/h5-6,9,11,17-18H,7-8,12-13H2,1-4H3,(H,27,31)/t17-,18+/m1/s1. The predicted molar refractivity (Wildman–Crippen MR) is 117 cm³/mol. The van der Waals surface area contributed by atoms with Crippen LogP contribution in [-0.2, 0) is 11.3 Å². The van der Waals surface area contributed by atoms with E-state index in [0.29, 0.717) is 5.56 Å². The van der Waals surface area contributed by atoms with Crippen LogP contribution >= 0.6 is 0 Å². The number of nitriles is 1. The molecule has 9 nitrogen and oxygen atoms in total. The van der Waals surface area contributed by atoms with Crippen molar-refractivity contribution in [3.63, 3.8) is 0 Å². The third-order valence-corrected chi connectivity index (χ3v) is 5.25. The van der Waals surface area contributed by atoms with E-state index < -0.39 is 35.6 Å². The van der Waals surface area contributed by atoms with Crippen LogP contribution in [0.15, 0.2) is 24.4 Å². The van der Waals surface area contributed by atoms with Gasteiger partial charge in [-0.3, -0.25) is 4.79 Å². The Balaban J connectivity index is 1.69. The number of carbonyl (C=O) groups is 2. The highest BCUT2D eigenvalue weighted by atomic mass is 19.1. The highest BCUT2D eigenvalue weighted by Crippen LogP contribution is 2.29. The fourth-order valence-corrected chi connectivity index (χ4v) is 3.60. The molecule has 1 aromatic carbocycles. The first-order valence-electron chi connectivity index (χ1n) is 10.8. The van der Waals surface area contributed by atoms with Crippen LogP contribution in [0.5, 0.6) is 5.75 Å². The van der Waals surface area contributed by atoms with Crippen LogP contribution in [0.1, 0.15) is 54.8 Å². The number of halogens is 2. The van der Waals surface area contributed by atoms with Gasteiger partial charge in [0.2, 0.25) is 0 Å². The lowest BCUT2D eigenvalue weighted by atomic mass is 10.0. The minimum absolute atomic E-state index is 0.0979. The topological polar surface area (TPSA) is 109 Å². The number of nitrogens with one attached hydrogen (secondary N) is 1. The number of amides is 2. The monoisotopic (exact) mass is 475 g/mol. The first-order valence-corrected chi connectivity index (χ1v) is 10.8. The van der Waals surface area contributed by atoms with Crippen LogP contribution in [-0.4, -0.2) is 58.6 Å². The zero-order valence-electron chi connectivity index (χ0n) is 19.5. The molecule has 0 bridgehead atoms. The molecule has 2 heterocycles. The Kier molecular flexibility index (Phi) is 7.39. The second kappa shape index (κ2) is 10.1. The van der Waals surface area contributed by atoms with Gasteiger partial charge in [-0.15, -0.1) is 0 Å². The molecule has 1 fully saturated rings. The molecule has 182 valence electrons. The lowest BCUT2D eigenvalue weighted by molar-refractivity contribution is 0.00567. The predicted octanol–water partition coefficient (Wildman–Crippen LogP) is 3.35. The van der Waals surface area contributed by atoms with Crippen LogP contribution in [0.4, 0.5) is 13.6 Å². The molecular formula is C23H27F2N5O4. The molecule has 1 aromatic heterocycles. The molecule has 1 aliphatic rings. The summed E-state index contributed by atoms with van der Waals surface area (Å²) in [4.78, 5) is 25.2. The summed E-state index contributed by atoms with van der Waals surface area (Å²) in [5, 5.41) is 16.2. The number of nitrogens with zero attached hydrogens (tertiary/aromatic N) is 4. The number of rotatable bonds is 5. The van der Waals surface area contributed by atoms with Crippen LogP contribution < -0.4 is 10.1 Å². The number of hydrogen-bond acceptors (Lipinski definition) is 6. The lowest BCUT2D eigenvalue weighted by Crippen LogP contribution is -2.47. The quantitative estimate of drug-likeness (QED) is 0.710. The van der Waals surface area contributed by atoms with Gasteiger partial charge in [0, 0.05) is 24.7 Å². The fourth-order valence-electron chi connectivity index (χ4n) is 3.60. The maximum atomic E-state index is 15.0. The molecule has 1 aliphatic heterocycles.